The zero-order chi connectivity index (χ0) is 12.5. The van der Waals surface area contributed by atoms with Crippen molar-refractivity contribution in [3.05, 3.63) is 46.9 Å². The van der Waals surface area contributed by atoms with Gasteiger partial charge in [-0.1, -0.05) is 30.3 Å². The third kappa shape index (κ3) is 1.69. The lowest BCUT2D eigenvalue weighted by Crippen LogP contribution is -2.13. The number of nitrogens with zero attached hydrogens (tertiary/aromatic N) is 3. The third-order valence-electron chi connectivity index (χ3n) is 2.51. The molecule has 0 spiro atoms. The summed E-state index contributed by atoms with van der Waals surface area (Å²) >= 11 is 0. The number of aromatic nitrogens is 4. The number of nitrogens with two attached hydrogens (primary N) is 1. The van der Waals surface area contributed by atoms with Gasteiger partial charge in [0.2, 0.25) is 5.95 Å². The van der Waals surface area contributed by atoms with E-state index in [0.717, 1.165) is 5.56 Å². The van der Waals surface area contributed by atoms with E-state index in [2.05, 4.69) is 19.9 Å². The van der Waals surface area contributed by atoms with Crippen molar-refractivity contribution in [2.45, 2.75) is 0 Å². The summed E-state index contributed by atoms with van der Waals surface area (Å²) in [4.78, 5) is 26.4. The number of rotatable bonds is 1. The van der Waals surface area contributed by atoms with E-state index in [1.807, 2.05) is 30.3 Å². The Balaban J connectivity index is 2.27. The highest BCUT2D eigenvalue weighted by molar-refractivity contribution is 5.73. The van der Waals surface area contributed by atoms with Gasteiger partial charge in [0.05, 0.1) is 11.9 Å². The Kier molecular flexibility index (Phi) is 2.26. The molecule has 6 heteroatoms. The summed E-state index contributed by atoms with van der Waals surface area (Å²) in [5, 5.41) is 0. The highest BCUT2D eigenvalue weighted by Crippen LogP contribution is 2.16. The number of H-pyrrole nitrogens is 1. The first-order chi connectivity index (χ1) is 8.74. The molecule has 0 radical (unpaired) electrons. The van der Waals surface area contributed by atoms with Crippen LogP contribution in [0.4, 0.5) is 5.95 Å². The van der Waals surface area contributed by atoms with E-state index in [1.54, 1.807) is 6.20 Å². The van der Waals surface area contributed by atoms with Crippen LogP contribution in [0.1, 0.15) is 0 Å². The maximum Gasteiger partial charge on any atom is 0.280 e. The summed E-state index contributed by atoms with van der Waals surface area (Å²) in [5.41, 5.74) is 7.00. The van der Waals surface area contributed by atoms with E-state index in [4.69, 9.17) is 5.73 Å². The highest BCUT2D eigenvalue weighted by atomic mass is 16.1. The van der Waals surface area contributed by atoms with Gasteiger partial charge in [-0.3, -0.25) is 9.78 Å². The van der Waals surface area contributed by atoms with Gasteiger partial charge in [0.25, 0.3) is 5.56 Å². The normalized spacial score (nSPS) is 10.7. The van der Waals surface area contributed by atoms with Crippen molar-refractivity contribution in [2.24, 2.45) is 0 Å². The molecule has 0 bridgehead atoms. The van der Waals surface area contributed by atoms with Crippen LogP contribution in [-0.4, -0.2) is 19.9 Å². The highest BCUT2D eigenvalue weighted by Gasteiger charge is 2.07. The fourth-order valence-corrected chi connectivity index (χ4v) is 1.68. The van der Waals surface area contributed by atoms with Crippen molar-refractivity contribution >= 4 is 17.1 Å². The topological polar surface area (TPSA) is 97.5 Å². The fourth-order valence-electron chi connectivity index (χ4n) is 1.68. The molecule has 0 aliphatic carbocycles. The summed E-state index contributed by atoms with van der Waals surface area (Å²) in [6, 6.07) is 9.50. The molecule has 0 aliphatic heterocycles. The number of anilines is 1. The molecule has 3 rings (SSSR count). The van der Waals surface area contributed by atoms with Crippen molar-refractivity contribution in [2.75, 3.05) is 5.73 Å². The van der Waals surface area contributed by atoms with Crippen LogP contribution in [0.2, 0.25) is 0 Å². The second-order valence-electron chi connectivity index (χ2n) is 3.74. The van der Waals surface area contributed by atoms with E-state index < -0.39 is 0 Å². The van der Waals surface area contributed by atoms with Gasteiger partial charge >= 0.3 is 0 Å². The summed E-state index contributed by atoms with van der Waals surface area (Å²) in [7, 11) is 0. The van der Waals surface area contributed by atoms with Gasteiger partial charge in [-0.05, 0) is 0 Å². The predicted molar refractivity (Wildman–Crippen MR) is 67.8 cm³/mol. The lowest BCUT2D eigenvalue weighted by molar-refractivity contribution is 1.13. The molecule has 0 amide bonds. The maximum absolute atomic E-state index is 11.7. The maximum atomic E-state index is 11.7. The van der Waals surface area contributed by atoms with Crippen LogP contribution in [0.15, 0.2) is 41.3 Å². The smallest absolute Gasteiger partial charge is 0.280 e. The molecular formula is C12H9N5O. The fraction of sp³-hybridized carbons (Fsp3) is 0. The number of aromatic amines is 1. The minimum Gasteiger partial charge on any atom is -0.369 e. The summed E-state index contributed by atoms with van der Waals surface area (Å²) in [6.07, 6.45) is 1.57. The molecule has 0 fully saturated rings. The number of hydrogen-bond acceptors (Lipinski definition) is 5. The predicted octanol–water partition coefficient (Wildman–Crippen LogP) is 0.962. The summed E-state index contributed by atoms with van der Waals surface area (Å²) < 4.78 is 0. The van der Waals surface area contributed by atoms with Gasteiger partial charge in [0, 0.05) is 5.56 Å². The zero-order valence-corrected chi connectivity index (χ0v) is 9.29. The van der Waals surface area contributed by atoms with Crippen molar-refractivity contribution < 1.29 is 0 Å². The molecule has 3 N–H and O–H groups in total. The lowest BCUT2D eigenvalue weighted by atomic mass is 10.2. The van der Waals surface area contributed by atoms with Crippen LogP contribution < -0.4 is 11.3 Å². The molecule has 0 atom stereocenters. The molecule has 0 aliphatic rings. The standard InChI is InChI=1S/C12H9N5O/c13-12-16-10-9(11(18)17-12)15-8(6-14-10)7-4-2-1-3-5-7/h1-6H,(H3,13,14,16,17,18). The molecule has 2 aromatic heterocycles. The molecule has 1 aromatic carbocycles. The number of benzene rings is 1. The number of nitrogens with one attached hydrogen (secondary N) is 1. The lowest BCUT2D eigenvalue weighted by Gasteiger charge is -2.01. The largest absolute Gasteiger partial charge is 0.369 e. The van der Waals surface area contributed by atoms with Crippen molar-refractivity contribution in [3.8, 4) is 11.3 Å². The quantitative estimate of drug-likeness (QED) is 0.659. The van der Waals surface area contributed by atoms with Gasteiger partial charge in [-0.25, -0.2) is 9.97 Å². The van der Waals surface area contributed by atoms with E-state index >= 15 is 0 Å². The van der Waals surface area contributed by atoms with Crippen molar-refractivity contribution in [1.29, 1.82) is 0 Å². The van der Waals surface area contributed by atoms with E-state index in [1.165, 1.54) is 0 Å². The Morgan fingerprint density at radius 1 is 1.11 bits per heavy atom. The minimum absolute atomic E-state index is 0.0364. The Morgan fingerprint density at radius 2 is 1.89 bits per heavy atom. The molecule has 3 aromatic rings. The number of nitrogen functional groups attached to an aromatic ring is 1. The molecule has 88 valence electrons. The first kappa shape index (κ1) is 10.4. The minimum atomic E-state index is -0.386. The van der Waals surface area contributed by atoms with E-state index in [-0.39, 0.29) is 22.7 Å². The first-order valence-electron chi connectivity index (χ1n) is 5.32. The van der Waals surface area contributed by atoms with Crippen LogP contribution in [0.3, 0.4) is 0 Å². The van der Waals surface area contributed by atoms with Gasteiger partial charge < -0.3 is 5.73 Å². The van der Waals surface area contributed by atoms with E-state index in [0.29, 0.717) is 5.69 Å². The first-order valence-corrected chi connectivity index (χ1v) is 5.32. The number of hydrogen-bond donors (Lipinski definition) is 2. The molecule has 0 unspecified atom stereocenters. The van der Waals surface area contributed by atoms with E-state index in [9.17, 15) is 4.79 Å². The molecule has 6 nitrogen and oxygen atoms in total. The molecule has 0 saturated carbocycles. The van der Waals surface area contributed by atoms with Crippen LogP contribution in [-0.2, 0) is 0 Å². The van der Waals surface area contributed by atoms with Gasteiger partial charge in [0.1, 0.15) is 0 Å². The molecule has 2 heterocycles. The third-order valence-corrected chi connectivity index (χ3v) is 2.51. The second kappa shape index (κ2) is 3.92. The van der Waals surface area contributed by atoms with Crippen LogP contribution in [0.5, 0.6) is 0 Å². The zero-order valence-electron chi connectivity index (χ0n) is 9.29. The Hall–Kier alpha value is -2.76. The van der Waals surface area contributed by atoms with Gasteiger partial charge in [0.15, 0.2) is 11.2 Å². The number of fused-ring (bicyclic) bond motifs is 1. The average Bonchev–Trinajstić information content (AvgIpc) is 2.39. The van der Waals surface area contributed by atoms with Crippen molar-refractivity contribution in [3.63, 3.8) is 0 Å². The second-order valence-corrected chi connectivity index (χ2v) is 3.74. The summed E-state index contributed by atoms with van der Waals surface area (Å²) in [6.45, 7) is 0. The Morgan fingerprint density at radius 3 is 2.67 bits per heavy atom. The monoisotopic (exact) mass is 239 g/mol. The Labute approximate surface area is 102 Å². The average molecular weight is 239 g/mol. The van der Waals surface area contributed by atoms with Gasteiger partial charge in [-0.2, -0.15) is 4.98 Å². The molecule has 18 heavy (non-hydrogen) atoms. The van der Waals surface area contributed by atoms with Crippen molar-refractivity contribution in [1.82, 2.24) is 19.9 Å². The SMILES string of the molecule is Nc1nc2ncc(-c3ccccc3)nc2c(=O)[nH]1. The van der Waals surface area contributed by atoms with Crippen LogP contribution >= 0.6 is 0 Å². The van der Waals surface area contributed by atoms with Crippen LogP contribution in [0, 0.1) is 0 Å². The van der Waals surface area contributed by atoms with Gasteiger partial charge in [-0.15, -0.1) is 0 Å². The molecule has 0 saturated heterocycles. The molecular weight excluding hydrogens is 230 g/mol. The summed E-state index contributed by atoms with van der Waals surface area (Å²) in [5.74, 6) is 0.0364. The Bertz CT molecular complexity index is 766. The van der Waals surface area contributed by atoms with Crippen LogP contribution in [0.25, 0.3) is 22.4 Å².